The van der Waals surface area contributed by atoms with Gasteiger partial charge in [-0.15, -0.1) is 0 Å². The second-order valence-electron chi connectivity index (χ2n) is 9.96. The van der Waals surface area contributed by atoms with Gasteiger partial charge >= 0.3 is 0 Å². The Bertz CT molecular complexity index is 1640. The van der Waals surface area contributed by atoms with Crippen LogP contribution in [-0.4, -0.2) is 61.8 Å². The first-order chi connectivity index (χ1) is 18.0. The number of ether oxygens (including phenoxy) is 1. The summed E-state index contributed by atoms with van der Waals surface area (Å²) in [6, 6.07) is 5.86. The molecule has 0 bridgehead atoms. The molecule has 2 aliphatic rings. The number of aromatic nitrogens is 7. The Morgan fingerprint density at radius 2 is 2.22 bits per heavy atom. The van der Waals surface area contributed by atoms with Crippen LogP contribution in [-0.2, 0) is 23.8 Å². The number of piperidine rings is 1. The summed E-state index contributed by atoms with van der Waals surface area (Å²) in [4.78, 5) is 11.9. The number of hydrogen-bond donors (Lipinski definition) is 2. The molecule has 11 nitrogen and oxygen atoms in total. The monoisotopic (exact) mass is 519 g/mol. The lowest BCUT2D eigenvalue weighted by molar-refractivity contribution is 0.155. The fraction of sp³-hybridized carbons (Fsp3) is 0.400. The number of nitrogens with one attached hydrogen (secondary N) is 1. The molecule has 0 spiro atoms. The number of hydrogen-bond acceptors (Lipinski definition) is 9. The Morgan fingerprint density at radius 1 is 1.32 bits per heavy atom. The molecule has 7 rings (SSSR count). The van der Waals surface area contributed by atoms with Crippen LogP contribution in [0.3, 0.4) is 0 Å². The number of aromatic amines is 1. The van der Waals surface area contributed by atoms with Crippen LogP contribution >= 0.6 is 11.6 Å². The number of aryl methyl sites for hydroxylation is 1. The average Bonchev–Trinajstić information content (AvgIpc) is 3.32. The number of rotatable bonds is 6. The molecule has 37 heavy (non-hydrogen) atoms. The minimum Gasteiger partial charge on any atom is -0.377 e. The number of halogens is 1. The van der Waals surface area contributed by atoms with E-state index in [9.17, 15) is 0 Å². The van der Waals surface area contributed by atoms with Gasteiger partial charge in [0.2, 0.25) is 0 Å². The Balaban J connectivity index is 1.17. The Hall–Kier alpha value is -3.54. The maximum absolute atomic E-state index is 6.74. The normalized spacial score (nSPS) is 23.2. The molecule has 3 unspecified atom stereocenters. The van der Waals surface area contributed by atoms with Crippen LogP contribution in [0.25, 0.3) is 33.3 Å². The molecule has 1 aliphatic heterocycles. The van der Waals surface area contributed by atoms with Crippen molar-refractivity contribution in [2.75, 3.05) is 31.6 Å². The third-order valence-corrected chi connectivity index (χ3v) is 8.47. The van der Waals surface area contributed by atoms with Crippen LogP contribution < -0.4 is 10.6 Å². The highest BCUT2D eigenvalue weighted by molar-refractivity contribution is 6.38. The standard InChI is InChI=1S/C25H26ClN9O2/c1-34-9-15-18(32-34)4-3-14(21(15)26)22-23-24(31-30-22)29-20(8-28-23)35-6-5-16-17(10-35)25(16,12-27)19-7-13(11-36-2)37-33-19/h3-4,7-9,16-17H,5-6,10-12,27H2,1-2H3,(H,29,30,31). The quantitative estimate of drug-likeness (QED) is 0.346. The van der Waals surface area contributed by atoms with Crippen LogP contribution in [0, 0.1) is 11.8 Å². The Kier molecular flexibility index (Phi) is 5.04. The second-order valence-corrected chi connectivity index (χ2v) is 10.3. The van der Waals surface area contributed by atoms with Crippen molar-refractivity contribution in [3.8, 4) is 11.3 Å². The van der Waals surface area contributed by atoms with E-state index in [-0.39, 0.29) is 5.41 Å². The summed E-state index contributed by atoms with van der Waals surface area (Å²) in [6.07, 6.45) is 4.72. The highest BCUT2D eigenvalue weighted by Crippen LogP contribution is 2.62. The number of anilines is 1. The van der Waals surface area contributed by atoms with E-state index in [0.29, 0.717) is 46.9 Å². The first-order valence-electron chi connectivity index (χ1n) is 12.3. The van der Waals surface area contributed by atoms with Crippen molar-refractivity contribution in [1.29, 1.82) is 0 Å². The molecule has 1 saturated heterocycles. The lowest BCUT2D eigenvalue weighted by atomic mass is 9.96. The zero-order chi connectivity index (χ0) is 25.3. The third kappa shape index (κ3) is 3.30. The van der Waals surface area contributed by atoms with Gasteiger partial charge in [0.15, 0.2) is 11.4 Å². The molecule has 4 aromatic heterocycles. The highest BCUT2D eigenvalue weighted by atomic mass is 35.5. The lowest BCUT2D eigenvalue weighted by Crippen LogP contribution is -2.32. The van der Waals surface area contributed by atoms with Crippen molar-refractivity contribution in [3.63, 3.8) is 0 Å². The predicted molar refractivity (Wildman–Crippen MR) is 138 cm³/mol. The molecule has 0 radical (unpaired) electrons. The number of nitrogens with zero attached hydrogens (tertiary/aromatic N) is 7. The molecule has 12 heteroatoms. The first-order valence-corrected chi connectivity index (χ1v) is 12.6. The van der Waals surface area contributed by atoms with Crippen molar-refractivity contribution < 1.29 is 9.26 Å². The van der Waals surface area contributed by atoms with E-state index in [1.807, 2.05) is 37.6 Å². The van der Waals surface area contributed by atoms with Crippen molar-refractivity contribution in [3.05, 3.63) is 47.1 Å². The summed E-state index contributed by atoms with van der Waals surface area (Å²) in [5.74, 6) is 2.40. The molecule has 1 aromatic carbocycles. The third-order valence-electron chi connectivity index (χ3n) is 8.06. The van der Waals surface area contributed by atoms with Crippen LogP contribution in [0.1, 0.15) is 17.9 Å². The number of benzene rings is 1. The molecule has 1 aliphatic carbocycles. The van der Waals surface area contributed by atoms with Gasteiger partial charge in [0.1, 0.15) is 23.6 Å². The number of nitrogens with two attached hydrogens (primary N) is 1. The maximum Gasteiger partial charge on any atom is 0.177 e. The Labute approximate surface area is 216 Å². The predicted octanol–water partition coefficient (Wildman–Crippen LogP) is 3.05. The molecule has 1 saturated carbocycles. The fourth-order valence-electron chi connectivity index (χ4n) is 6.21. The zero-order valence-corrected chi connectivity index (χ0v) is 21.2. The van der Waals surface area contributed by atoms with Gasteiger partial charge in [-0.2, -0.15) is 10.2 Å². The fourth-order valence-corrected chi connectivity index (χ4v) is 6.51. The number of methoxy groups -OCH3 is 1. The SMILES string of the molecule is COCc1cc(C2(CN)C3CCN(c4cnc5c(-c6ccc7nn(C)cc7c6Cl)n[nH]c5n4)CC32)no1. The summed E-state index contributed by atoms with van der Waals surface area (Å²) < 4.78 is 12.4. The highest BCUT2D eigenvalue weighted by Gasteiger charge is 2.67. The molecule has 190 valence electrons. The molecule has 3 atom stereocenters. The van der Waals surface area contributed by atoms with Gasteiger partial charge in [-0.05, 0) is 30.4 Å². The van der Waals surface area contributed by atoms with E-state index in [1.54, 1.807) is 11.8 Å². The van der Waals surface area contributed by atoms with Crippen LogP contribution in [0.5, 0.6) is 0 Å². The summed E-state index contributed by atoms with van der Waals surface area (Å²) in [7, 11) is 3.52. The molecular formula is C25H26ClN9O2. The van der Waals surface area contributed by atoms with Crippen molar-refractivity contribution >= 4 is 39.5 Å². The maximum atomic E-state index is 6.74. The summed E-state index contributed by atoms with van der Waals surface area (Å²) in [5, 5.41) is 17.8. The summed E-state index contributed by atoms with van der Waals surface area (Å²) in [6.45, 7) is 2.64. The smallest absolute Gasteiger partial charge is 0.177 e. The molecule has 5 aromatic rings. The van der Waals surface area contributed by atoms with E-state index in [1.165, 1.54) is 0 Å². The van der Waals surface area contributed by atoms with Gasteiger partial charge < -0.3 is 19.9 Å². The van der Waals surface area contributed by atoms with E-state index in [0.717, 1.165) is 53.2 Å². The van der Waals surface area contributed by atoms with Gasteiger partial charge in [-0.25, -0.2) is 9.97 Å². The minimum atomic E-state index is -0.162. The van der Waals surface area contributed by atoms with E-state index >= 15 is 0 Å². The minimum absolute atomic E-state index is 0.162. The van der Waals surface area contributed by atoms with E-state index in [2.05, 4.69) is 25.4 Å². The number of fused-ring (bicyclic) bond motifs is 3. The topological polar surface area (TPSA) is 137 Å². The Morgan fingerprint density at radius 3 is 3.05 bits per heavy atom. The summed E-state index contributed by atoms with van der Waals surface area (Å²) in [5.41, 5.74) is 10.7. The van der Waals surface area contributed by atoms with Gasteiger partial charge in [0.25, 0.3) is 0 Å². The van der Waals surface area contributed by atoms with Gasteiger partial charge in [-0.3, -0.25) is 9.78 Å². The molecule has 3 N–H and O–H groups in total. The molecule has 0 amide bonds. The van der Waals surface area contributed by atoms with Crippen molar-refractivity contribution in [2.24, 2.45) is 24.6 Å². The van der Waals surface area contributed by atoms with E-state index < -0.39 is 0 Å². The zero-order valence-electron chi connectivity index (χ0n) is 20.5. The van der Waals surface area contributed by atoms with Crippen LogP contribution in [0.2, 0.25) is 5.02 Å². The first kappa shape index (κ1) is 22.6. The van der Waals surface area contributed by atoms with Gasteiger partial charge in [0, 0.05) is 62.4 Å². The van der Waals surface area contributed by atoms with Gasteiger partial charge in [0.05, 0.1) is 22.4 Å². The summed E-state index contributed by atoms with van der Waals surface area (Å²) >= 11 is 6.74. The van der Waals surface area contributed by atoms with E-state index in [4.69, 9.17) is 36.6 Å². The van der Waals surface area contributed by atoms with Crippen molar-refractivity contribution in [2.45, 2.75) is 18.4 Å². The van der Waals surface area contributed by atoms with Crippen LogP contribution in [0.15, 0.2) is 35.1 Å². The van der Waals surface area contributed by atoms with Crippen molar-refractivity contribution in [1.82, 2.24) is 35.1 Å². The number of H-pyrrole nitrogens is 1. The van der Waals surface area contributed by atoms with Gasteiger partial charge in [-0.1, -0.05) is 16.8 Å². The lowest BCUT2D eigenvalue weighted by Gasteiger charge is -2.26. The largest absolute Gasteiger partial charge is 0.377 e. The average molecular weight is 520 g/mol. The second kappa shape index (κ2) is 8.23. The molecule has 2 fully saturated rings. The molecular weight excluding hydrogens is 494 g/mol. The molecule has 5 heterocycles. The van der Waals surface area contributed by atoms with Crippen LogP contribution in [0.4, 0.5) is 5.82 Å².